The van der Waals surface area contributed by atoms with Gasteiger partial charge in [-0.15, -0.1) is 0 Å². The van der Waals surface area contributed by atoms with Gasteiger partial charge in [0.2, 0.25) is 5.91 Å². The highest BCUT2D eigenvalue weighted by Crippen LogP contribution is 1.88. The number of amidine groups is 1. The van der Waals surface area contributed by atoms with E-state index in [1.54, 1.807) is 14.0 Å². The average molecular weight is 158 g/mol. The topological polar surface area (TPSA) is 32.7 Å². The van der Waals surface area contributed by atoms with E-state index in [1.807, 2.05) is 0 Å². The molecule has 10 heavy (non-hydrogen) atoms. The van der Waals surface area contributed by atoms with Crippen molar-refractivity contribution in [2.45, 2.75) is 13.8 Å². The maximum absolute atomic E-state index is 10.7. The van der Waals surface area contributed by atoms with Gasteiger partial charge >= 0.3 is 0 Å². The van der Waals surface area contributed by atoms with Crippen LogP contribution >= 0.6 is 12.2 Å². The zero-order valence-electron chi connectivity index (χ0n) is 6.29. The normalized spacial score (nSPS) is 10.9. The van der Waals surface area contributed by atoms with E-state index in [0.29, 0.717) is 5.84 Å². The van der Waals surface area contributed by atoms with Crippen LogP contribution in [0.3, 0.4) is 0 Å². The fraction of sp³-hybridized carbons (Fsp3) is 0.500. The number of hydrogen-bond acceptors (Lipinski definition) is 3. The summed E-state index contributed by atoms with van der Waals surface area (Å²) in [7, 11) is 1.62. The molecular weight excluding hydrogens is 148 g/mol. The van der Waals surface area contributed by atoms with E-state index in [9.17, 15) is 4.79 Å². The summed E-state index contributed by atoms with van der Waals surface area (Å²) in [5, 5.41) is 0. The molecule has 0 aliphatic carbocycles. The SMILES string of the molecule is CN=C(C)N(C=S)C(C)=O. The van der Waals surface area contributed by atoms with Crippen LogP contribution in [0.5, 0.6) is 0 Å². The summed E-state index contributed by atoms with van der Waals surface area (Å²) in [6, 6.07) is 0. The van der Waals surface area contributed by atoms with Gasteiger partial charge in [-0.2, -0.15) is 0 Å². The summed E-state index contributed by atoms with van der Waals surface area (Å²) < 4.78 is 0. The molecule has 0 aliphatic heterocycles. The Morgan fingerprint density at radius 1 is 1.60 bits per heavy atom. The number of carbonyl (C=O) groups excluding carboxylic acids is 1. The van der Waals surface area contributed by atoms with E-state index in [4.69, 9.17) is 0 Å². The van der Waals surface area contributed by atoms with Crippen molar-refractivity contribution < 1.29 is 4.79 Å². The predicted octanol–water partition coefficient (Wildman–Crippen LogP) is 0.840. The van der Waals surface area contributed by atoms with Gasteiger partial charge in [-0.1, -0.05) is 12.2 Å². The van der Waals surface area contributed by atoms with Gasteiger partial charge in [0.05, 0.1) is 5.49 Å². The first-order valence-electron chi connectivity index (χ1n) is 2.82. The molecule has 0 atom stereocenters. The molecule has 3 nitrogen and oxygen atoms in total. The lowest BCUT2D eigenvalue weighted by Crippen LogP contribution is -2.31. The molecule has 0 fully saturated rings. The van der Waals surface area contributed by atoms with Crippen molar-refractivity contribution in [3.05, 3.63) is 0 Å². The fourth-order valence-electron chi connectivity index (χ4n) is 0.486. The van der Waals surface area contributed by atoms with Crippen molar-refractivity contribution in [1.29, 1.82) is 0 Å². The van der Waals surface area contributed by atoms with Gasteiger partial charge in [0.15, 0.2) is 0 Å². The molecule has 0 aliphatic rings. The van der Waals surface area contributed by atoms with Gasteiger partial charge in [0, 0.05) is 14.0 Å². The van der Waals surface area contributed by atoms with Crippen molar-refractivity contribution in [2.24, 2.45) is 4.99 Å². The lowest BCUT2D eigenvalue weighted by Gasteiger charge is -2.12. The Kier molecular flexibility index (Phi) is 3.79. The van der Waals surface area contributed by atoms with Gasteiger partial charge in [0.1, 0.15) is 5.84 Å². The molecule has 0 aromatic rings. The Balaban J connectivity index is 4.36. The van der Waals surface area contributed by atoms with Gasteiger partial charge in [-0.3, -0.25) is 14.7 Å². The Morgan fingerprint density at radius 2 is 2.10 bits per heavy atom. The molecule has 0 radical (unpaired) electrons. The molecule has 0 rings (SSSR count). The summed E-state index contributed by atoms with van der Waals surface area (Å²) in [6.07, 6.45) is 0. The highest BCUT2D eigenvalue weighted by atomic mass is 32.1. The molecule has 4 heteroatoms. The van der Waals surface area contributed by atoms with Crippen LogP contribution in [0.15, 0.2) is 4.99 Å². The number of amides is 1. The van der Waals surface area contributed by atoms with Crippen LogP contribution < -0.4 is 0 Å². The molecule has 0 bridgehead atoms. The molecule has 0 N–H and O–H groups in total. The number of carbonyl (C=O) groups is 1. The van der Waals surface area contributed by atoms with E-state index in [0.717, 1.165) is 0 Å². The highest BCUT2D eigenvalue weighted by molar-refractivity contribution is 7.78. The quantitative estimate of drug-likeness (QED) is 0.322. The summed E-state index contributed by atoms with van der Waals surface area (Å²) in [4.78, 5) is 15.8. The second-order valence-corrected chi connectivity index (χ2v) is 1.98. The monoisotopic (exact) mass is 158 g/mol. The van der Waals surface area contributed by atoms with Crippen LogP contribution in [0.4, 0.5) is 0 Å². The van der Waals surface area contributed by atoms with Crippen molar-refractivity contribution >= 4 is 29.5 Å². The van der Waals surface area contributed by atoms with Crippen LogP contribution in [0, 0.1) is 0 Å². The average Bonchev–Trinajstić information content (AvgIpc) is 1.88. The number of nitrogens with zero attached hydrogens (tertiary/aromatic N) is 2. The number of rotatable bonds is 1. The maximum atomic E-state index is 10.7. The van der Waals surface area contributed by atoms with Gasteiger partial charge in [-0.25, -0.2) is 0 Å². The van der Waals surface area contributed by atoms with Gasteiger partial charge in [0.25, 0.3) is 0 Å². The van der Waals surface area contributed by atoms with Crippen LogP contribution in [-0.4, -0.2) is 29.2 Å². The Hall–Kier alpha value is -0.770. The van der Waals surface area contributed by atoms with Crippen molar-refractivity contribution in [1.82, 2.24) is 4.90 Å². The Labute approximate surface area is 65.7 Å². The minimum Gasteiger partial charge on any atom is -0.275 e. The largest absolute Gasteiger partial charge is 0.275 e. The van der Waals surface area contributed by atoms with E-state index in [2.05, 4.69) is 17.2 Å². The van der Waals surface area contributed by atoms with Crippen molar-refractivity contribution in [2.75, 3.05) is 7.05 Å². The van der Waals surface area contributed by atoms with Crippen LogP contribution in [-0.2, 0) is 4.79 Å². The molecule has 0 saturated carbocycles. The number of thiocarbonyl (C=S) groups is 1. The minimum atomic E-state index is -0.113. The first-order valence-corrected chi connectivity index (χ1v) is 3.29. The third-order valence-electron chi connectivity index (χ3n) is 1.12. The van der Waals surface area contributed by atoms with Crippen molar-refractivity contribution in [3.63, 3.8) is 0 Å². The van der Waals surface area contributed by atoms with Crippen LogP contribution in [0.25, 0.3) is 0 Å². The van der Waals surface area contributed by atoms with Gasteiger partial charge < -0.3 is 0 Å². The second kappa shape index (κ2) is 4.11. The van der Waals surface area contributed by atoms with E-state index < -0.39 is 0 Å². The minimum absolute atomic E-state index is 0.113. The number of hydrogen-bond donors (Lipinski definition) is 0. The predicted molar refractivity (Wildman–Crippen MR) is 45.2 cm³/mol. The molecule has 0 aromatic heterocycles. The first kappa shape index (κ1) is 9.23. The molecule has 0 heterocycles. The van der Waals surface area contributed by atoms with Crippen LogP contribution in [0.1, 0.15) is 13.8 Å². The number of aliphatic imine (C=N–C) groups is 1. The third kappa shape index (κ3) is 2.23. The standard InChI is InChI=1S/C6H10N2OS/c1-5(7-3)8(4-10)6(2)9/h4H,1-3H3. The van der Waals surface area contributed by atoms with Gasteiger partial charge in [-0.05, 0) is 6.92 Å². The van der Waals surface area contributed by atoms with Crippen LogP contribution in [0.2, 0.25) is 0 Å². The molecule has 56 valence electrons. The Morgan fingerprint density at radius 3 is 2.20 bits per heavy atom. The van der Waals surface area contributed by atoms with E-state index >= 15 is 0 Å². The van der Waals surface area contributed by atoms with E-state index in [-0.39, 0.29) is 5.91 Å². The lowest BCUT2D eigenvalue weighted by molar-refractivity contribution is -0.122. The van der Waals surface area contributed by atoms with E-state index in [1.165, 1.54) is 17.3 Å². The first-order chi connectivity index (χ1) is 4.63. The zero-order valence-corrected chi connectivity index (χ0v) is 7.10. The molecular formula is C6H10N2OS. The summed E-state index contributed by atoms with van der Waals surface area (Å²) in [5.41, 5.74) is 1.28. The third-order valence-corrected chi connectivity index (χ3v) is 1.33. The lowest BCUT2D eigenvalue weighted by atomic mass is 10.5. The molecule has 0 aromatic carbocycles. The highest BCUT2D eigenvalue weighted by Gasteiger charge is 2.06. The second-order valence-electron chi connectivity index (χ2n) is 1.77. The smallest absolute Gasteiger partial charge is 0.229 e. The van der Waals surface area contributed by atoms with Crippen molar-refractivity contribution in [3.8, 4) is 0 Å². The summed E-state index contributed by atoms with van der Waals surface area (Å²) in [5.74, 6) is 0.501. The molecule has 1 amide bonds. The molecule has 0 spiro atoms. The molecule has 0 unspecified atom stereocenters. The maximum Gasteiger partial charge on any atom is 0.229 e. The fourth-order valence-corrected chi connectivity index (χ4v) is 0.787. The summed E-state index contributed by atoms with van der Waals surface area (Å²) in [6.45, 7) is 3.17. The Bertz CT molecular complexity index is 177. The zero-order chi connectivity index (χ0) is 8.15. The molecule has 0 saturated heterocycles. The summed E-state index contributed by atoms with van der Waals surface area (Å²) >= 11 is 4.59.